The van der Waals surface area contributed by atoms with Crippen LogP contribution in [0.1, 0.15) is 36.7 Å². The molecule has 30 heavy (non-hydrogen) atoms. The van der Waals surface area contributed by atoms with E-state index in [1.54, 1.807) is 30.7 Å². The number of fused-ring (bicyclic) bond motifs is 1. The molecule has 0 aliphatic carbocycles. The van der Waals surface area contributed by atoms with Crippen LogP contribution >= 0.6 is 0 Å². The fourth-order valence-corrected chi connectivity index (χ4v) is 3.11. The monoisotopic (exact) mass is 397 g/mol. The molecular weight excluding hydrogens is 374 g/mol. The molecule has 0 radical (unpaired) electrons. The van der Waals surface area contributed by atoms with E-state index >= 15 is 0 Å². The minimum atomic E-state index is -0.198. The number of hydrogen-bond acceptors (Lipinski definition) is 4. The summed E-state index contributed by atoms with van der Waals surface area (Å²) in [6, 6.07) is 18.9. The predicted molar refractivity (Wildman–Crippen MR) is 119 cm³/mol. The number of rotatable bonds is 4. The summed E-state index contributed by atoms with van der Waals surface area (Å²) in [6.45, 7) is 6.44. The minimum absolute atomic E-state index is 0.0104. The van der Waals surface area contributed by atoms with Gasteiger partial charge in [0, 0.05) is 29.7 Å². The number of hydrogen-bond donors (Lipinski definition) is 1. The summed E-state index contributed by atoms with van der Waals surface area (Å²) in [4.78, 5) is 21.2. The van der Waals surface area contributed by atoms with E-state index in [0.717, 1.165) is 22.2 Å². The van der Waals surface area contributed by atoms with Gasteiger partial charge in [-0.05, 0) is 59.5 Å². The molecule has 2 heterocycles. The first kappa shape index (κ1) is 19.6. The maximum absolute atomic E-state index is 12.8. The highest BCUT2D eigenvalue weighted by atomic mass is 16.5. The zero-order valence-electron chi connectivity index (χ0n) is 17.2. The lowest BCUT2D eigenvalue weighted by molar-refractivity contribution is 0.102. The van der Waals surface area contributed by atoms with Gasteiger partial charge in [0.05, 0.1) is 11.1 Å². The SMILES string of the molecule is CC(C)(C)c1cccc(NC(=O)c2cnc3ccc(Oc4ccncc4)cc3c2)c1. The lowest BCUT2D eigenvalue weighted by Crippen LogP contribution is -2.15. The van der Waals surface area contributed by atoms with Crippen LogP contribution in [0.2, 0.25) is 0 Å². The molecule has 0 fully saturated rings. The topological polar surface area (TPSA) is 64.1 Å². The molecule has 5 nitrogen and oxygen atoms in total. The molecule has 1 N–H and O–H groups in total. The molecule has 0 bridgehead atoms. The van der Waals surface area contributed by atoms with Crippen molar-refractivity contribution < 1.29 is 9.53 Å². The van der Waals surface area contributed by atoms with Crippen molar-refractivity contribution in [3.8, 4) is 11.5 Å². The van der Waals surface area contributed by atoms with Gasteiger partial charge in [-0.25, -0.2) is 0 Å². The molecule has 0 aliphatic rings. The summed E-state index contributed by atoms with van der Waals surface area (Å²) in [6.07, 6.45) is 4.94. The summed E-state index contributed by atoms with van der Waals surface area (Å²) in [5.41, 5.74) is 3.22. The number of amides is 1. The Morgan fingerprint density at radius 1 is 0.933 bits per heavy atom. The Hall–Kier alpha value is -3.73. The van der Waals surface area contributed by atoms with Crippen molar-refractivity contribution in [1.29, 1.82) is 0 Å². The van der Waals surface area contributed by atoms with Crippen molar-refractivity contribution in [2.75, 3.05) is 5.32 Å². The molecule has 5 heteroatoms. The van der Waals surface area contributed by atoms with Gasteiger partial charge < -0.3 is 10.1 Å². The normalized spacial score (nSPS) is 11.3. The fraction of sp³-hybridized carbons (Fsp3) is 0.160. The highest BCUT2D eigenvalue weighted by Gasteiger charge is 2.15. The number of pyridine rings is 2. The lowest BCUT2D eigenvalue weighted by atomic mass is 9.87. The van der Waals surface area contributed by atoms with Crippen molar-refractivity contribution in [3.05, 3.63) is 90.4 Å². The third-order valence-corrected chi connectivity index (χ3v) is 4.79. The van der Waals surface area contributed by atoms with Crippen molar-refractivity contribution >= 4 is 22.5 Å². The van der Waals surface area contributed by atoms with Crippen molar-refractivity contribution in [2.24, 2.45) is 0 Å². The molecule has 0 saturated heterocycles. The number of carbonyl (C=O) groups is 1. The molecule has 1 amide bonds. The van der Waals surface area contributed by atoms with Gasteiger partial charge in [0.15, 0.2) is 0 Å². The number of ether oxygens (including phenoxy) is 1. The summed E-state index contributed by atoms with van der Waals surface area (Å²) in [5.74, 6) is 1.17. The summed E-state index contributed by atoms with van der Waals surface area (Å²) < 4.78 is 5.86. The molecule has 4 aromatic rings. The number of nitrogens with one attached hydrogen (secondary N) is 1. The van der Waals surface area contributed by atoms with Crippen LogP contribution in [-0.2, 0) is 5.41 Å². The predicted octanol–water partition coefficient (Wildman–Crippen LogP) is 5.97. The van der Waals surface area contributed by atoms with Crippen LogP contribution in [-0.4, -0.2) is 15.9 Å². The van der Waals surface area contributed by atoms with Gasteiger partial charge in [0.25, 0.3) is 5.91 Å². The molecular formula is C25H23N3O2. The van der Waals surface area contributed by atoms with E-state index in [4.69, 9.17) is 4.74 Å². The van der Waals surface area contributed by atoms with E-state index in [1.807, 2.05) is 42.5 Å². The fourth-order valence-electron chi connectivity index (χ4n) is 3.11. The highest BCUT2D eigenvalue weighted by Crippen LogP contribution is 2.26. The standard InChI is InChI=1S/C25H23N3O2/c1-25(2,3)19-5-4-6-20(15-19)28-24(29)18-13-17-14-22(7-8-23(17)27-16-18)30-21-9-11-26-12-10-21/h4-16H,1-3H3,(H,28,29). The Balaban J connectivity index is 1.57. The van der Waals surface area contributed by atoms with Gasteiger partial charge in [0.1, 0.15) is 11.5 Å². The van der Waals surface area contributed by atoms with Crippen LogP contribution in [0.15, 0.2) is 79.3 Å². The highest BCUT2D eigenvalue weighted by molar-refractivity contribution is 6.05. The molecule has 4 rings (SSSR count). The quantitative estimate of drug-likeness (QED) is 0.461. The van der Waals surface area contributed by atoms with E-state index in [9.17, 15) is 4.79 Å². The first-order valence-electron chi connectivity index (χ1n) is 9.78. The minimum Gasteiger partial charge on any atom is -0.457 e. The second-order valence-corrected chi connectivity index (χ2v) is 8.15. The van der Waals surface area contributed by atoms with Crippen LogP contribution in [0.4, 0.5) is 5.69 Å². The first-order valence-corrected chi connectivity index (χ1v) is 9.78. The number of aromatic nitrogens is 2. The molecule has 2 aromatic heterocycles. The number of benzene rings is 2. The Kier molecular flexibility index (Phi) is 5.19. The van der Waals surface area contributed by atoms with Crippen LogP contribution in [0.5, 0.6) is 11.5 Å². The lowest BCUT2D eigenvalue weighted by Gasteiger charge is -2.19. The number of nitrogens with zero attached hydrogens (tertiary/aromatic N) is 2. The molecule has 2 aromatic carbocycles. The van der Waals surface area contributed by atoms with Gasteiger partial charge in [-0.15, -0.1) is 0 Å². The van der Waals surface area contributed by atoms with Gasteiger partial charge in [-0.3, -0.25) is 14.8 Å². The Labute approximate surface area is 175 Å². The van der Waals surface area contributed by atoms with E-state index in [0.29, 0.717) is 17.1 Å². The molecule has 0 aliphatic heterocycles. The van der Waals surface area contributed by atoms with Gasteiger partial charge in [-0.2, -0.15) is 0 Å². The van der Waals surface area contributed by atoms with Gasteiger partial charge in [-0.1, -0.05) is 32.9 Å². The van der Waals surface area contributed by atoms with Crippen molar-refractivity contribution in [1.82, 2.24) is 9.97 Å². The molecule has 0 saturated carbocycles. The van der Waals surface area contributed by atoms with Crippen LogP contribution in [0.25, 0.3) is 10.9 Å². The zero-order valence-corrected chi connectivity index (χ0v) is 17.2. The average Bonchev–Trinajstić information content (AvgIpc) is 2.73. The summed E-state index contributed by atoms with van der Waals surface area (Å²) >= 11 is 0. The summed E-state index contributed by atoms with van der Waals surface area (Å²) in [5, 5.41) is 3.80. The Morgan fingerprint density at radius 3 is 2.50 bits per heavy atom. The van der Waals surface area contributed by atoms with Crippen LogP contribution in [0.3, 0.4) is 0 Å². The Bertz CT molecular complexity index is 1200. The molecule has 0 spiro atoms. The molecule has 0 unspecified atom stereocenters. The van der Waals surface area contributed by atoms with Gasteiger partial charge in [0.2, 0.25) is 0 Å². The maximum Gasteiger partial charge on any atom is 0.257 e. The summed E-state index contributed by atoms with van der Waals surface area (Å²) in [7, 11) is 0. The molecule has 0 atom stereocenters. The second-order valence-electron chi connectivity index (χ2n) is 8.15. The third kappa shape index (κ3) is 4.46. The van der Waals surface area contributed by atoms with Crippen LogP contribution in [0, 0.1) is 0 Å². The first-order chi connectivity index (χ1) is 14.4. The average molecular weight is 397 g/mol. The largest absolute Gasteiger partial charge is 0.457 e. The smallest absolute Gasteiger partial charge is 0.257 e. The van der Waals surface area contributed by atoms with E-state index in [2.05, 4.69) is 42.1 Å². The van der Waals surface area contributed by atoms with Crippen molar-refractivity contribution in [3.63, 3.8) is 0 Å². The van der Waals surface area contributed by atoms with Gasteiger partial charge >= 0.3 is 0 Å². The van der Waals surface area contributed by atoms with Crippen molar-refractivity contribution in [2.45, 2.75) is 26.2 Å². The zero-order chi connectivity index (χ0) is 21.1. The van der Waals surface area contributed by atoms with Crippen LogP contribution < -0.4 is 10.1 Å². The second kappa shape index (κ2) is 7.95. The Morgan fingerprint density at radius 2 is 1.73 bits per heavy atom. The number of anilines is 1. The third-order valence-electron chi connectivity index (χ3n) is 4.79. The van der Waals surface area contributed by atoms with E-state index in [-0.39, 0.29) is 11.3 Å². The van der Waals surface area contributed by atoms with E-state index in [1.165, 1.54) is 0 Å². The molecule has 150 valence electrons. The maximum atomic E-state index is 12.8. The number of carbonyl (C=O) groups excluding carboxylic acids is 1. The van der Waals surface area contributed by atoms with E-state index < -0.39 is 0 Å².